The molecule has 3 aliphatic heterocycles. The molecule has 3 saturated heterocycles. The number of hydrogen-bond acceptors (Lipinski definition) is 24. The Kier molecular flexibility index (Phi) is 33.6. The summed E-state index contributed by atoms with van der Waals surface area (Å²) < 4.78 is 25.0. The Morgan fingerprint density at radius 3 is 1.47 bits per heavy atom. The number of nitrogens with two attached hydrogens (primary N) is 1. The van der Waals surface area contributed by atoms with Crippen LogP contribution >= 0.6 is 58.6 Å². The molecule has 6 rings (SSSR count). The molecule has 6 heterocycles. The van der Waals surface area contributed by atoms with Gasteiger partial charge in [-0.15, -0.1) is 0 Å². The largest absolute Gasteiger partial charge is 0.500 e. The predicted octanol–water partition coefficient (Wildman–Crippen LogP) is 4.93. The highest BCUT2D eigenvalue weighted by molar-refractivity contribution is 8.13. The quantitative estimate of drug-likeness (QED) is 0.0151. The van der Waals surface area contributed by atoms with Crippen LogP contribution in [0.5, 0.6) is 0 Å². The van der Waals surface area contributed by atoms with Crippen LogP contribution in [0.4, 0.5) is 11.6 Å². The Labute approximate surface area is 431 Å². The number of rotatable bonds is 13. The van der Waals surface area contributed by atoms with Gasteiger partial charge in [0.25, 0.3) is 0 Å². The number of carboxylic acid groups (broad SMARTS) is 1. The van der Waals surface area contributed by atoms with Gasteiger partial charge >= 0.3 is 11.9 Å². The van der Waals surface area contributed by atoms with Gasteiger partial charge in [0.1, 0.15) is 34.2 Å². The monoisotopic (exact) mass is 1070 g/mol. The molecule has 388 valence electrons. The number of nitrogens with one attached hydrogen (secondary N) is 2. The van der Waals surface area contributed by atoms with Gasteiger partial charge in [-0.25, -0.2) is 39.5 Å². The number of carboxylic acids is 1. The number of Topliss-reactive ketones (excluding diaryl/α,β-unsaturated/α-hetero) is 3. The maximum absolute atomic E-state index is 11.6. The molecular weight excluding hydrogens is 1010 g/mol. The first-order valence-electron chi connectivity index (χ1n) is 21.4. The van der Waals surface area contributed by atoms with E-state index in [-0.39, 0.29) is 45.4 Å². The highest BCUT2D eigenvalue weighted by Crippen LogP contribution is 2.23. The fourth-order valence-corrected chi connectivity index (χ4v) is 6.51. The van der Waals surface area contributed by atoms with Gasteiger partial charge in [0.05, 0.1) is 64.0 Å². The third kappa shape index (κ3) is 24.9. The fourth-order valence-electron chi connectivity index (χ4n) is 5.19. The van der Waals surface area contributed by atoms with Crippen molar-refractivity contribution >= 4 is 105 Å². The smallest absolute Gasteiger partial charge is 0.344 e. The van der Waals surface area contributed by atoms with E-state index in [1.165, 1.54) is 73.3 Å². The molecule has 22 nitrogen and oxygen atoms in total. The van der Waals surface area contributed by atoms with Crippen LogP contribution in [0.1, 0.15) is 65.7 Å². The van der Waals surface area contributed by atoms with Gasteiger partial charge in [0.2, 0.25) is 0 Å². The summed E-state index contributed by atoms with van der Waals surface area (Å²) in [5, 5.41) is 21.0. The van der Waals surface area contributed by atoms with Gasteiger partial charge < -0.3 is 49.6 Å². The van der Waals surface area contributed by atoms with Crippen LogP contribution in [0.3, 0.4) is 0 Å². The standard InChI is InChI=1S/C11H15N3O2S.C10H13N3O3S.C9H14O4.C7H7ClN2OS.C4H9NO.C2H6N2S/c1-8(15)9-7-12-11(17-2)13-10(9)14-3-5-16-6-4-14;1-17-10-11-6-7(9(14)15)8(12-10)13-2-4-16-5-3-13;1-4-12-6-8(7(3)10)9(11)13-5-2;1-4(11)5-3-9-7(12-2)10-6(5)8;1-3-6-4-2-5-1;1-5-2(3)4/h7H,3-6H2,1-2H3;6H,2-5H2,1H3,(H,14,15);6H,4-5H2,1-3H3;3H,1-2H3;5H,1-4H2;1H3,(H3,3,4)/b;;8-6-;;;. The van der Waals surface area contributed by atoms with E-state index < -0.39 is 11.9 Å². The third-order valence-corrected chi connectivity index (χ3v) is 11.1. The van der Waals surface area contributed by atoms with E-state index in [1.54, 1.807) is 33.2 Å². The molecule has 0 amide bonds. The van der Waals surface area contributed by atoms with Crippen molar-refractivity contribution in [2.75, 3.05) is 127 Å². The average molecular weight is 1070 g/mol. The van der Waals surface area contributed by atoms with Gasteiger partial charge in [-0.1, -0.05) is 58.6 Å². The molecule has 0 spiro atoms. The number of aromatic carboxylic acids is 1. The molecule has 0 unspecified atom stereocenters. The minimum Gasteiger partial charge on any atom is -0.500 e. The van der Waals surface area contributed by atoms with E-state index in [4.69, 9.17) is 46.8 Å². The Balaban J connectivity index is 0.000000438. The maximum atomic E-state index is 11.6. The number of thioether (sulfide) groups is 4. The van der Waals surface area contributed by atoms with Crippen LogP contribution in [-0.2, 0) is 33.3 Å². The number of esters is 1. The van der Waals surface area contributed by atoms with Crippen LogP contribution in [-0.4, -0.2) is 187 Å². The van der Waals surface area contributed by atoms with Gasteiger partial charge in [-0.3, -0.25) is 19.8 Å². The van der Waals surface area contributed by atoms with Gasteiger partial charge in [0.15, 0.2) is 38.0 Å². The first-order chi connectivity index (χ1) is 33.5. The molecule has 3 aliphatic rings. The summed E-state index contributed by atoms with van der Waals surface area (Å²) in [6, 6.07) is 0. The number of ether oxygens (including phenoxy) is 5. The summed E-state index contributed by atoms with van der Waals surface area (Å²) in [5.74, 6) is -0.887. The summed E-state index contributed by atoms with van der Waals surface area (Å²) in [6.07, 6.45) is 13.0. The topological polar surface area (TPSA) is 297 Å². The highest BCUT2D eigenvalue weighted by atomic mass is 35.5. The number of carbonyl (C=O) groups excluding carboxylic acids is 4. The van der Waals surface area contributed by atoms with Gasteiger partial charge in [0, 0.05) is 57.9 Å². The normalized spacial score (nSPS) is 14.1. The highest BCUT2D eigenvalue weighted by Gasteiger charge is 2.22. The lowest BCUT2D eigenvalue weighted by Crippen LogP contribution is -2.37. The number of nitrogens with zero attached hydrogens (tertiary/aromatic N) is 8. The molecule has 0 atom stereocenters. The second kappa shape index (κ2) is 37.2. The number of halogens is 1. The molecule has 0 bridgehead atoms. The molecule has 0 saturated carbocycles. The van der Waals surface area contributed by atoms with E-state index in [0.717, 1.165) is 51.5 Å². The fraction of sp³-hybridized carbons (Fsp3) is 0.535. The lowest BCUT2D eigenvalue weighted by Gasteiger charge is -2.29. The number of amidine groups is 1. The minimum absolute atomic E-state index is 0.000792. The summed E-state index contributed by atoms with van der Waals surface area (Å²) >= 11 is 11.2. The summed E-state index contributed by atoms with van der Waals surface area (Å²) in [7, 11) is 0. The van der Waals surface area contributed by atoms with Crippen molar-refractivity contribution in [3.8, 4) is 0 Å². The van der Waals surface area contributed by atoms with Crippen molar-refractivity contribution in [3.63, 3.8) is 0 Å². The molecule has 70 heavy (non-hydrogen) atoms. The zero-order valence-corrected chi connectivity index (χ0v) is 44.9. The first-order valence-corrected chi connectivity index (χ1v) is 26.7. The number of carbonyl (C=O) groups is 5. The summed E-state index contributed by atoms with van der Waals surface area (Å²) in [5.41, 5.74) is 5.89. The Morgan fingerprint density at radius 1 is 0.729 bits per heavy atom. The average Bonchev–Trinajstić information content (AvgIpc) is 3.37. The molecule has 3 fully saturated rings. The van der Waals surface area contributed by atoms with Crippen molar-refractivity contribution < 1.29 is 52.8 Å². The second-order valence-electron chi connectivity index (χ2n) is 13.6. The van der Waals surface area contributed by atoms with Crippen molar-refractivity contribution in [3.05, 3.63) is 52.3 Å². The Bertz CT molecular complexity index is 2060. The van der Waals surface area contributed by atoms with Crippen LogP contribution in [0.15, 0.2) is 45.9 Å². The van der Waals surface area contributed by atoms with Crippen molar-refractivity contribution in [2.45, 2.75) is 50.1 Å². The number of morpholine rings is 3. The third-order valence-electron chi connectivity index (χ3n) is 8.68. The van der Waals surface area contributed by atoms with Gasteiger partial charge in [-0.2, -0.15) is 0 Å². The molecule has 0 aliphatic carbocycles. The van der Waals surface area contributed by atoms with Crippen molar-refractivity contribution in [2.24, 2.45) is 5.73 Å². The second-order valence-corrected chi connectivity index (χ2v) is 17.1. The van der Waals surface area contributed by atoms with Crippen molar-refractivity contribution in [1.82, 2.24) is 35.2 Å². The van der Waals surface area contributed by atoms with E-state index in [2.05, 4.69) is 44.9 Å². The van der Waals surface area contributed by atoms with E-state index in [9.17, 15) is 24.0 Å². The number of aromatic nitrogens is 6. The molecule has 3 aromatic heterocycles. The zero-order valence-electron chi connectivity index (χ0n) is 40.9. The Hall–Kier alpha value is -4.67. The van der Waals surface area contributed by atoms with E-state index in [0.29, 0.717) is 78.5 Å². The minimum atomic E-state index is -1.00. The van der Waals surface area contributed by atoms with Crippen LogP contribution < -0.4 is 20.9 Å². The lowest BCUT2D eigenvalue weighted by atomic mass is 10.2. The van der Waals surface area contributed by atoms with Crippen molar-refractivity contribution in [1.29, 1.82) is 5.41 Å². The van der Waals surface area contributed by atoms with E-state index >= 15 is 0 Å². The SMILES string of the molecule is C1COCCN1.CCO/C=C(/C(C)=O)C(=O)OCC.CSC(=N)N.CSc1ncc(C(=O)O)c(N2CCOCC2)n1.CSc1ncc(C(C)=O)c(Cl)n1.CSc1ncc(C(C)=O)c(N2CCOCC2)n1. The van der Waals surface area contributed by atoms with Crippen LogP contribution in [0.25, 0.3) is 0 Å². The first kappa shape index (κ1) is 63.3. The molecule has 0 radical (unpaired) electrons. The summed E-state index contributed by atoms with van der Waals surface area (Å²) in [4.78, 5) is 84.3. The van der Waals surface area contributed by atoms with Gasteiger partial charge in [-0.05, 0) is 59.6 Å². The Morgan fingerprint density at radius 2 is 1.14 bits per heavy atom. The molecule has 0 aromatic carbocycles. The number of hydrogen-bond donors (Lipinski definition) is 4. The zero-order chi connectivity index (χ0) is 52.4. The predicted molar refractivity (Wildman–Crippen MR) is 276 cm³/mol. The maximum Gasteiger partial charge on any atom is 0.344 e. The van der Waals surface area contributed by atoms with Crippen LogP contribution in [0, 0.1) is 5.41 Å². The lowest BCUT2D eigenvalue weighted by molar-refractivity contribution is -0.140. The van der Waals surface area contributed by atoms with E-state index in [1.807, 2.05) is 23.7 Å². The molecule has 27 heteroatoms. The molecule has 3 aromatic rings. The number of anilines is 2. The van der Waals surface area contributed by atoms with Crippen LogP contribution in [0.2, 0.25) is 5.15 Å². The number of ketones is 3. The summed E-state index contributed by atoms with van der Waals surface area (Å²) in [6.45, 7) is 17.6. The molecular formula is C43H64ClN11O11S4. The molecule has 5 N–H and O–H groups in total.